The van der Waals surface area contributed by atoms with E-state index in [9.17, 15) is 9.59 Å². The van der Waals surface area contributed by atoms with E-state index in [0.29, 0.717) is 17.9 Å². The molecule has 0 aliphatic carbocycles. The van der Waals surface area contributed by atoms with E-state index in [-0.39, 0.29) is 17.6 Å². The molecule has 1 aromatic carbocycles. The van der Waals surface area contributed by atoms with Gasteiger partial charge in [-0.15, -0.1) is 11.3 Å². The van der Waals surface area contributed by atoms with Crippen LogP contribution >= 0.6 is 11.3 Å². The Kier molecular flexibility index (Phi) is 4.42. The summed E-state index contributed by atoms with van der Waals surface area (Å²) < 4.78 is 0. The smallest absolute Gasteiger partial charge is 0.328 e. The van der Waals surface area contributed by atoms with Crippen molar-refractivity contribution < 1.29 is 4.79 Å². The molecule has 7 nitrogen and oxygen atoms in total. The van der Waals surface area contributed by atoms with Gasteiger partial charge in [0, 0.05) is 23.1 Å². The van der Waals surface area contributed by atoms with Crippen LogP contribution in [0.5, 0.6) is 0 Å². The van der Waals surface area contributed by atoms with Crippen LogP contribution in [0.4, 0.5) is 0 Å². The zero-order valence-corrected chi connectivity index (χ0v) is 15.2. The van der Waals surface area contributed by atoms with Crippen molar-refractivity contribution in [3.8, 4) is 11.3 Å². The lowest BCUT2D eigenvalue weighted by Gasteiger charge is -2.34. The van der Waals surface area contributed by atoms with Gasteiger partial charge in [-0.3, -0.25) is 9.78 Å². The average Bonchev–Trinajstić information content (AvgIpc) is 3.30. The van der Waals surface area contributed by atoms with Crippen molar-refractivity contribution in [1.82, 2.24) is 25.1 Å². The van der Waals surface area contributed by atoms with Gasteiger partial charge in [0.25, 0.3) is 5.91 Å². The van der Waals surface area contributed by atoms with Crippen molar-refractivity contribution in [1.29, 1.82) is 0 Å². The number of piperidine rings is 1. The minimum Gasteiger partial charge on any atom is -0.328 e. The molecule has 26 heavy (non-hydrogen) atoms. The number of aromatic nitrogens is 4. The fourth-order valence-corrected chi connectivity index (χ4v) is 3.97. The first-order valence-electron chi connectivity index (χ1n) is 8.60. The molecule has 0 saturated carbocycles. The predicted molar refractivity (Wildman–Crippen MR) is 99.1 cm³/mol. The van der Waals surface area contributed by atoms with Gasteiger partial charge in [-0.2, -0.15) is 5.10 Å². The van der Waals surface area contributed by atoms with Crippen molar-refractivity contribution in [3.05, 3.63) is 56.5 Å². The molecule has 0 bridgehead atoms. The second-order valence-corrected chi connectivity index (χ2v) is 7.46. The Hall–Kier alpha value is -2.74. The van der Waals surface area contributed by atoms with Gasteiger partial charge in [0.15, 0.2) is 5.82 Å². The zero-order valence-electron chi connectivity index (χ0n) is 14.4. The highest BCUT2D eigenvalue weighted by molar-refractivity contribution is 7.09. The van der Waals surface area contributed by atoms with Gasteiger partial charge in [0.2, 0.25) is 0 Å². The van der Waals surface area contributed by atoms with E-state index in [1.165, 1.54) is 0 Å². The predicted octanol–water partition coefficient (Wildman–Crippen LogP) is 2.90. The maximum absolute atomic E-state index is 13.0. The molecule has 1 fully saturated rings. The number of amides is 1. The number of aryl methyl sites for hydroxylation is 1. The van der Waals surface area contributed by atoms with Gasteiger partial charge in [0.05, 0.1) is 16.7 Å². The molecule has 1 unspecified atom stereocenters. The van der Waals surface area contributed by atoms with Crippen molar-refractivity contribution in [2.75, 3.05) is 6.54 Å². The molecule has 1 saturated heterocycles. The van der Waals surface area contributed by atoms with Crippen LogP contribution in [0.1, 0.15) is 46.5 Å². The van der Waals surface area contributed by atoms with Crippen LogP contribution in [-0.4, -0.2) is 37.5 Å². The Morgan fingerprint density at radius 1 is 1.27 bits per heavy atom. The Balaban J connectivity index is 1.58. The molecule has 0 radical (unpaired) electrons. The largest absolute Gasteiger partial charge is 0.340 e. The Labute approximate surface area is 154 Å². The maximum atomic E-state index is 13.0. The summed E-state index contributed by atoms with van der Waals surface area (Å²) in [5.41, 5.74) is 2.21. The first-order chi connectivity index (χ1) is 12.6. The number of nitrogens with zero attached hydrogens (tertiary/aromatic N) is 3. The van der Waals surface area contributed by atoms with Gasteiger partial charge in [-0.05, 0) is 38.3 Å². The van der Waals surface area contributed by atoms with Crippen LogP contribution in [-0.2, 0) is 0 Å². The summed E-state index contributed by atoms with van der Waals surface area (Å²) in [5.74, 6) is 0.483. The number of hydrogen-bond donors (Lipinski definition) is 2. The number of benzene rings is 1. The number of carbonyl (C=O) groups excluding carboxylic acids is 1. The quantitative estimate of drug-likeness (QED) is 0.742. The highest BCUT2D eigenvalue weighted by Crippen LogP contribution is 2.30. The van der Waals surface area contributed by atoms with E-state index in [4.69, 9.17) is 0 Å². The Morgan fingerprint density at radius 3 is 2.73 bits per heavy atom. The van der Waals surface area contributed by atoms with Crippen molar-refractivity contribution in [2.24, 2.45) is 0 Å². The number of hydrogen-bond acceptors (Lipinski definition) is 5. The maximum Gasteiger partial charge on any atom is 0.340 e. The molecule has 8 heteroatoms. The third-order valence-electron chi connectivity index (χ3n) is 4.65. The van der Waals surface area contributed by atoms with Crippen LogP contribution in [0.25, 0.3) is 11.3 Å². The third-order valence-corrected chi connectivity index (χ3v) is 5.42. The molecule has 1 aliphatic heterocycles. The van der Waals surface area contributed by atoms with E-state index in [1.54, 1.807) is 16.2 Å². The van der Waals surface area contributed by atoms with Crippen molar-refractivity contribution in [3.63, 3.8) is 0 Å². The SMILES string of the molecule is Cc1nc(-c2ccc(C(=O)N3CCCCC3c3n[nH]c(=O)[nH]3)cc2)cs1. The molecule has 134 valence electrons. The first-order valence-corrected chi connectivity index (χ1v) is 9.48. The molecule has 2 aromatic heterocycles. The van der Waals surface area contributed by atoms with Gasteiger partial charge < -0.3 is 4.90 Å². The molecule has 2 N–H and O–H groups in total. The summed E-state index contributed by atoms with van der Waals surface area (Å²) in [5, 5.41) is 9.45. The van der Waals surface area contributed by atoms with E-state index in [2.05, 4.69) is 20.2 Å². The number of H-pyrrole nitrogens is 2. The average molecular weight is 369 g/mol. The van der Waals surface area contributed by atoms with Gasteiger partial charge in [-0.1, -0.05) is 12.1 Å². The lowest BCUT2D eigenvalue weighted by Crippen LogP contribution is -2.39. The summed E-state index contributed by atoms with van der Waals surface area (Å²) in [6.45, 7) is 2.63. The van der Waals surface area contributed by atoms with Crippen LogP contribution in [0, 0.1) is 6.92 Å². The Bertz CT molecular complexity index is 972. The van der Waals surface area contributed by atoms with Gasteiger partial charge >= 0.3 is 5.69 Å². The highest BCUT2D eigenvalue weighted by atomic mass is 32.1. The van der Waals surface area contributed by atoms with Crippen molar-refractivity contribution in [2.45, 2.75) is 32.2 Å². The number of nitrogens with one attached hydrogen (secondary N) is 2. The van der Waals surface area contributed by atoms with Crippen LogP contribution in [0.15, 0.2) is 34.4 Å². The van der Waals surface area contributed by atoms with Crippen molar-refractivity contribution >= 4 is 17.2 Å². The topological polar surface area (TPSA) is 94.7 Å². The fraction of sp³-hybridized carbons (Fsp3) is 0.333. The molecule has 3 aromatic rings. The van der Waals surface area contributed by atoms with E-state index in [0.717, 1.165) is 35.5 Å². The number of thiazole rings is 1. The van der Waals surface area contributed by atoms with Crippen LogP contribution in [0.3, 0.4) is 0 Å². The standard InChI is InChI=1S/C18H19N5O2S/c1-11-19-14(10-26-11)12-5-7-13(8-6-12)17(24)23-9-3-2-4-15(23)16-20-18(25)22-21-16/h5-8,10,15H,2-4,9H2,1H3,(H2,20,21,22,25). The number of likely N-dealkylation sites (tertiary alicyclic amines) is 1. The lowest BCUT2D eigenvalue weighted by atomic mass is 9.99. The second-order valence-electron chi connectivity index (χ2n) is 6.40. The molecule has 4 rings (SSSR count). The summed E-state index contributed by atoms with van der Waals surface area (Å²) in [6, 6.07) is 7.33. The summed E-state index contributed by atoms with van der Waals surface area (Å²) in [4.78, 5) is 33.4. The Morgan fingerprint density at radius 2 is 2.08 bits per heavy atom. The molecular formula is C18H19N5O2S. The second kappa shape index (κ2) is 6.87. The molecule has 1 aliphatic rings. The summed E-state index contributed by atoms with van der Waals surface area (Å²) >= 11 is 1.61. The normalized spacial score (nSPS) is 17.4. The summed E-state index contributed by atoms with van der Waals surface area (Å²) in [6.07, 6.45) is 2.75. The summed E-state index contributed by atoms with van der Waals surface area (Å²) in [7, 11) is 0. The highest BCUT2D eigenvalue weighted by Gasteiger charge is 2.30. The van der Waals surface area contributed by atoms with E-state index in [1.807, 2.05) is 36.6 Å². The molecule has 0 spiro atoms. The minimum absolute atomic E-state index is 0.0421. The first kappa shape index (κ1) is 16.7. The van der Waals surface area contributed by atoms with E-state index < -0.39 is 0 Å². The molecular weight excluding hydrogens is 350 g/mol. The van der Waals surface area contributed by atoms with Gasteiger partial charge in [0.1, 0.15) is 0 Å². The molecule has 1 atom stereocenters. The monoisotopic (exact) mass is 369 g/mol. The number of carbonyl (C=O) groups is 1. The molecule has 1 amide bonds. The van der Waals surface area contributed by atoms with Gasteiger partial charge in [-0.25, -0.2) is 14.9 Å². The third kappa shape index (κ3) is 3.20. The zero-order chi connectivity index (χ0) is 18.1. The number of aromatic amines is 2. The number of rotatable bonds is 3. The van der Waals surface area contributed by atoms with Crippen LogP contribution in [0.2, 0.25) is 0 Å². The van der Waals surface area contributed by atoms with Crippen LogP contribution < -0.4 is 5.69 Å². The fourth-order valence-electron chi connectivity index (χ4n) is 3.35. The lowest BCUT2D eigenvalue weighted by molar-refractivity contribution is 0.0600. The minimum atomic E-state index is -0.346. The molecule has 3 heterocycles. The van der Waals surface area contributed by atoms with E-state index >= 15 is 0 Å².